The molecule has 72 valence electrons. The van der Waals surface area contributed by atoms with Crippen molar-refractivity contribution in [3.8, 4) is 0 Å². The molecule has 0 radical (unpaired) electrons. The third kappa shape index (κ3) is 4.14. The minimum atomic E-state index is -0.399. The van der Waals surface area contributed by atoms with Crippen molar-refractivity contribution in [2.45, 2.75) is 0 Å². The molecule has 0 aromatic heterocycles. The minimum absolute atomic E-state index is 0. The molecule has 0 fully saturated rings. The normalized spacial score (nSPS) is 8.14. The van der Waals surface area contributed by atoms with Crippen LogP contribution in [0.25, 0.3) is 0 Å². The summed E-state index contributed by atoms with van der Waals surface area (Å²) >= 11 is 2.13. The number of halogens is 1. The van der Waals surface area contributed by atoms with Crippen LogP contribution in [-0.2, 0) is 4.74 Å². The monoisotopic (exact) mass is 317 g/mol. The second-order valence-electron chi connectivity index (χ2n) is 2.22. The topological polar surface area (TPSA) is 82.3 Å². The van der Waals surface area contributed by atoms with E-state index >= 15 is 0 Å². The molecule has 0 bridgehead atoms. The summed E-state index contributed by atoms with van der Waals surface area (Å²) in [5, 5.41) is 0. The van der Waals surface area contributed by atoms with E-state index in [2.05, 4.69) is 27.3 Å². The Morgan fingerprint density at radius 1 is 1.50 bits per heavy atom. The molecule has 14 heavy (non-hydrogen) atoms. The van der Waals surface area contributed by atoms with Crippen LogP contribution in [0.1, 0.15) is 10.4 Å². The van der Waals surface area contributed by atoms with E-state index in [0.29, 0.717) is 11.3 Å². The quantitative estimate of drug-likeness (QED) is 0.295. The van der Waals surface area contributed by atoms with Gasteiger partial charge in [-0.2, -0.15) is 0 Å². The summed E-state index contributed by atoms with van der Waals surface area (Å²) in [5.41, 5.74) is 6.46. The first-order chi connectivity index (χ1) is 5.65. The van der Waals surface area contributed by atoms with E-state index in [0.717, 1.165) is 3.57 Å². The van der Waals surface area contributed by atoms with Gasteiger partial charge in [0.05, 0.1) is 12.7 Å². The molecule has 0 spiro atoms. The van der Waals surface area contributed by atoms with Crippen LogP contribution in [0.3, 0.4) is 0 Å². The second-order valence-corrected chi connectivity index (χ2v) is 3.47. The van der Waals surface area contributed by atoms with Gasteiger partial charge in [-0.15, -0.1) is 0 Å². The third-order valence-corrected chi connectivity index (χ3v) is 2.09. The van der Waals surface area contributed by atoms with Crippen LogP contribution in [0.4, 0.5) is 5.69 Å². The standard InChI is InChI=1S/C8H8INO2.Na.H2O/c1-12-8(11)6-3-2-5(9)4-7(6)10;;/h2-4H,10H2,1H3;;1H2/q;+1;/p-1. The number of nitrogen functional groups attached to an aromatic ring is 1. The van der Waals surface area contributed by atoms with Crippen LogP contribution in [0.15, 0.2) is 18.2 Å². The number of carbonyl (C=O) groups is 1. The maximum Gasteiger partial charge on any atom is 1.00 e. The van der Waals surface area contributed by atoms with Crippen LogP contribution in [0, 0.1) is 3.57 Å². The summed E-state index contributed by atoms with van der Waals surface area (Å²) in [6.07, 6.45) is 0. The number of nitrogens with two attached hydrogens (primary N) is 1. The molecule has 0 atom stereocenters. The van der Waals surface area contributed by atoms with Crippen LogP contribution in [-0.4, -0.2) is 18.6 Å². The first kappa shape index (κ1) is 16.6. The molecule has 0 amide bonds. The van der Waals surface area contributed by atoms with Crippen molar-refractivity contribution in [3.05, 3.63) is 27.3 Å². The molecule has 0 heterocycles. The zero-order valence-corrected chi connectivity index (χ0v) is 12.1. The van der Waals surface area contributed by atoms with Gasteiger partial charge in [0, 0.05) is 9.26 Å². The summed E-state index contributed by atoms with van der Waals surface area (Å²) in [6.45, 7) is 0. The van der Waals surface area contributed by atoms with Gasteiger partial charge >= 0.3 is 35.5 Å². The van der Waals surface area contributed by atoms with Crippen molar-refractivity contribution >= 4 is 34.2 Å². The molecule has 4 nitrogen and oxygen atoms in total. The van der Waals surface area contributed by atoms with Gasteiger partial charge in [0.15, 0.2) is 0 Å². The van der Waals surface area contributed by atoms with E-state index in [-0.39, 0.29) is 35.0 Å². The molecule has 0 saturated carbocycles. The Balaban J connectivity index is 0. The largest absolute Gasteiger partial charge is 1.00 e. The number of benzene rings is 1. The van der Waals surface area contributed by atoms with Crippen molar-refractivity contribution in [3.63, 3.8) is 0 Å². The predicted octanol–water partition coefficient (Wildman–Crippen LogP) is -1.51. The molecule has 0 aliphatic rings. The van der Waals surface area contributed by atoms with Crippen LogP contribution in [0.5, 0.6) is 0 Å². The Kier molecular flexibility index (Phi) is 8.86. The van der Waals surface area contributed by atoms with E-state index in [1.807, 2.05) is 6.07 Å². The first-order valence-corrected chi connectivity index (χ1v) is 4.36. The minimum Gasteiger partial charge on any atom is -0.870 e. The van der Waals surface area contributed by atoms with Crippen molar-refractivity contribution in [1.82, 2.24) is 0 Å². The zero-order valence-electron chi connectivity index (χ0n) is 7.95. The fraction of sp³-hybridized carbons (Fsp3) is 0.125. The molecule has 1 rings (SSSR count). The van der Waals surface area contributed by atoms with Gasteiger partial charge in [-0.05, 0) is 40.8 Å². The van der Waals surface area contributed by atoms with Gasteiger partial charge < -0.3 is 15.9 Å². The SMILES string of the molecule is COC(=O)c1ccc(I)cc1N.[Na+].[OH-]. The van der Waals surface area contributed by atoms with Gasteiger partial charge in [0.1, 0.15) is 0 Å². The Labute approximate surface area is 118 Å². The summed E-state index contributed by atoms with van der Waals surface area (Å²) in [7, 11) is 1.33. The average Bonchev–Trinajstić information content (AvgIpc) is 2.03. The van der Waals surface area contributed by atoms with Gasteiger partial charge in [-0.3, -0.25) is 0 Å². The number of esters is 1. The van der Waals surface area contributed by atoms with Crippen LogP contribution in [0.2, 0.25) is 0 Å². The van der Waals surface area contributed by atoms with Gasteiger partial charge in [0.2, 0.25) is 0 Å². The summed E-state index contributed by atoms with van der Waals surface area (Å²) in [6, 6.07) is 5.19. The molecule has 6 heteroatoms. The molecular weight excluding hydrogens is 308 g/mol. The van der Waals surface area contributed by atoms with Gasteiger partial charge in [-0.25, -0.2) is 4.79 Å². The number of carbonyl (C=O) groups excluding carboxylic acids is 1. The first-order valence-electron chi connectivity index (χ1n) is 3.28. The number of hydrogen-bond acceptors (Lipinski definition) is 4. The molecule has 0 aliphatic heterocycles. The van der Waals surface area contributed by atoms with Crippen molar-refractivity contribution in [1.29, 1.82) is 0 Å². The van der Waals surface area contributed by atoms with Crippen LogP contribution >= 0.6 is 22.6 Å². The van der Waals surface area contributed by atoms with E-state index in [1.54, 1.807) is 12.1 Å². The van der Waals surface area contributed by atoms with Crippen molar-refractivity contribution in [2.24, 2.45) is 0 Å². The average molecular weight is 317 g/mol. The number of hydrogen-bond donors (Lipinski definition) is 1. The zero-order chi connectivity index (χ0) is 9.14. The maximum atomic E-state index is 11.0. The molecule has 0 aliphatic carbocycles. The Morgan fingerprint density at radius 2 is 2.07 bits per heavy atom. The van der Waals surface area contributed by atoms with Crippen LogP contribution < -0.4 is 35.3 Å². The molecule has 0 saturated heterocycles. The third-order valence-electron chi connectivity index (χ3n) is 1.42. The van der Waals surface area contributed by atoms with Gasteiger partial charge in [-0.1, -0.05) is 0 Å². The Bertz CT molecular complexity index is 319. The summed E-state index contributed by atoms with van der Waals surface area (Å²) < 4.78 is 5.53. The fourth-order valence-corrected chi connectivity index (χ4v) is 1.34. The Hall–Kier alpha value is 0.180. The predicted molar refractivity (Wildman–Crippen MR) is 56.8 cm³/mol. The van der Waals surface area contributed by atoms with Gasteiger partial charge in [0.25, 0.3) is 0 Å². The second kappa shape index (κ2) is 7.47. The van der Waals surface area contributed by atoms with E-state index in [9.17, 15) is 4.79 Å². The maximum absolute atomic E-state index is 11.0. The van der Waals surface area contributed by atoms with E-state index < -0.39 is 5.97 Å². The summed E-state index contributed by atoms with van der Waals surface area (Å²) in [4.78, 5) is 11.0. The molecule has 1 aromatic rings. The Morgan fingerprint density at radius 3 is 2.50 bits per heavy atom. The fourth-order valence-electron chi connectivity index (χ4n) is 0.829. The van der Waals surface area contributed by atoms with Crippen molar-refractivity contribution < 1.29 is 44.6 Å². The number of rotatable bonds is 1. The number of methoxy groups -OCH3 is 1. The van der Waals surface area contributed by atoms with E-state index in [1.165, 1.54) is 7.11 Å². The smallest absolute Gasteiger partial charge is 0.870 e. The molecule has 1 aromatic carbocycles. The van der Waals surface area contributed by atoms with Crippen molar-refractivity contribution in [2.75, 3.05) is 12.8 Å². The summed E-state index contributed by atoms with van der Waals surface area (Å²) in [5.74, 6) is -0.399. The van der Waals surface area contributed by atoms with E-state index in [4.69, 9.17) is 5.73 Å². The molecular formula is C8H9INNaO3. The number of anilines is 1. The molecule has 0 unspecified atom stereocenters. The number of ether oxygens (including phenoxy) is 1. The molecule has 3 N–H and O–H groups in total.